The summed E-state index contributed by atoms with van der Waals surface area (Å²) < 4.78 is 7.16. The van der Waals surface area contributed by atoms with E-state index in [1.54, 1.807) is 14.0 Å². The van der Waals surface area contributed by atoms with E-state index in [-0.39, 0.29) is 11.2 Å². The van der Waals surface area contributed by atoms with Gasteiger partial charge in [0.2, 0.25) is 5.91 Å². The van der Waals surface area contributed by atoms with Gasteiger partial charge in [-0.3, -0.25) is 14.5 Å². The molecule has 1 aromatic rings. The Morgan fingerprint density at radius 2 is 2.12 bits per heavy atom. The van der Waals surface area contributed by atoms with Crippen LogP contribution >= 0.6 is 0 Å². The molecule has 6 nitrogen and oxygen atoms in total. The average molecular weight is 361 g/mol. The number of carbonyl (C=O) groups is 2. The zero-order chi connectivity index (χ0) is 18.7. The van der Waals surface area contributed by atoms with Gasteiger partial charge >= 0.3 is 0 Å². The number of Topliss-reactive ketones (excluding diaryl/α,β-unsaturated/α-hetero) is 1. The van der Waals surface area contributed by atoms with Crippen molar-refractivity contribution in [2.24, 2.45) is 12.5 Å². The molecule has 0 unspecified atom stereocenters. The minimum atomic E-state index is -0.208. The van der Waals surface area contributed by atoms with Gasteiger partial charge in [0.15, 0.2) is 5.78 Å². The molecule has 0 aromatic carbocycles. The summed E-state index contributed by atoms with van der Waals surface area (Å²) in [6, 6.07) is 1.98. The molecule has 6 heteroatoms. The van der Waals surface area contributed by atoms with Crippen molar-refractivity contribution in [1.82, 2.24) is 14.4 Å². The zero-order valence-electron chi connectivity index (χ0n) is 16.3. The van der Waals surface area contributed by atoms with Gasteiger partial charge in [-0.25, -0.2) is 0 Å². The summed E-state index contributed by atoms with van der Waals surface area (Å²) >= 11 is 0. The zero-order valence-corrected chi connectivity index (χ0v) is 16.3. The number of hydrogen-bond donors (Lipinski definition) is 0. The lowest BCUT2D eigenvalue weighted by Crippen LogP contribution is -2.50. The predicted octanol–water partition coefficient (Wildman–Crippen LogP) is 2.08. The van der Waals surface area contributed by atoms with Crippen molar-refractivity contribution in [1.29, 1.82) is 0 Å². The number of likely N-dealkylation sites (tertiary alicyclic amines) is 2. The summed E-state index contributed by atoms with van der Waals surface area (Å²) in [5.41, 5.74) is 1.68. The van der Waals surface area contributed by atoms with Crippen LogP contribution in [0.15, 0.2) is 12.3 Å². The van der Waals surface area contributed by atoms with Gasteiger partial charge < -0.3 is 14.2 Å². The van der Waals surface area contributed by atoms with Gasteiger partial charge in [-0.05, 0) is 45.2 Å². The molecule has 0 N–H and O–H groups in total. The lowest BCUT2D eigenvalue weighted by molar-refractivity contribution is -0.145. The normalized spacial score (nSPS) is 24.0. The number of methoxy groups -OCH3 is 1. The van der Waals surface area contributed by atoms with E-state index in [0.717, 1.165) is 69.7 Å². The fourth-order valence-electron chi connectivity index (χ4n) is 4.43. The quantitative estimate of drug-likeness (QED) is 0.551. The summed E-state index contributed by atoms with van der Waals surface area (Å²) in [4.78, 5) is 29.1. The van der Waals surface area contributed by atoms with Gasteiger partial charge in [0.1, 0.15) is 0 Å². The van der Waals surface area contributed by atoms with Crippen molar-refractivity contribution in [3.8, 4) is 0 Å². The minimum Gasteiger partial charge on any atom is -0.385 e. The fourth-order valence-corrected chi connectivity index (χ4v) is 4.43. The molecular formula is C20H31N3O3. The number of ether oxygens (including phenoxy) is 1. The third kappa shape index (κ3) is 3.86. The van der Waals surface area contributed by atoms with E-state index in [1.807, 2.05) is 28.8 Å². The van der Waals surface area contributed by atoms with Gasteiger partial charge in [-0.2, -0.15) is 0 Å². The lowest BCUT2D eigenvalue weighted by Gasteiger charge is -2.39. The minimum absolute atomic E-state index is 0.0962. The van der Waals surface area contributed by atoms with Crippen LogP contribution in [0.5, 0.6) is 0 Å². The maximum atomic E-state index is 13.1. The number of ketones is 1. The maximum Gasteiger partial charge on any atom is 0.230 e. The molecule has 2 saturated heterocycles. The molecule has 0 bridgehead atoms. The highest BCUT2D eigenvalue weighted by molar-refractivity contribution is 5.94. The highest BCUT2D eigenvalue weighted by atomic mass is 16.5. The second-order valence-electron chi connectivity index (χ2n) is 7.87. The number of aryl methyl sites for hydroxylation is 1. The van der Waals surface area contributed by atoms with Crippen molar-refractivity contribution in [3.05, 3.63) is 23.5 Å². The molecule has 26 heavy (non-hydrogen) atoms. The molecule has 0 saturated carbocycles. The number of hydrogen-bond acceptors (Lipinski definition) is 4. The van der Waals surface area contributed by atoms with Crippen LogP contribution in [0.2, 0.25) is 0 Å². The molecule has 1 amide bonds. The molecular weight excluding hydrogens is 330 g/mol. The predicted molar refractivity (Wildman–Crippen MR) is 100 cm³/mol. The molecule has 2 aliphatic rings. The van der Waals surface area contributed by atoms with Gasteiger partial charge in [-0.1, -0.05) is 0 Å². The second-order valence-corrected chi connectivity index (χ2v) is 7.87. The van der Waals surface area contributed by atoms with Crippen LogP contribution in [0, 0.1) is 5.41 Å². The summed E-state index contributed by atoms with van der Waals surface area (Å²) in [6.07, 6.45) is 5.82. The van der Waals surface area contributed by atoms with Crippen LogP contribution in [-0.2, 0) is 23.1 Å². The van der Waals surface area contributed by atoms with E-state index in [4.69, 9.17) is 4.74 Å². The molecule has 3 heterocycles. The second kappa shape index (κ2) is 7.92. The Labute approximate surface area is 156 Å². The Balaban J connectivity index is 1.63. The van der Waals surface area contributed by atoms with Crippen LogP contribution in [0.1, 0.15) is 48.7 Å². The van der Waals surface area contributed by atoms with Gasteiger partial charge in [0.05, 0.1) is 5.41 Å². The van der Waals surface area contributed by atoms with Crippen molar-refractivity contribution in [3.63, 3.8) is 0 Å². The number of carbonyl (C=O) groups excluding carboxylic acids is 2. The number of amides is 1. The first kappa shape index (κ1) is 19.1. The smallest absolute Gasteiger partial charge is 0.230 e. The van der Waals surface area contributed by atoms with Gasteiger partial charge in [0, 0.05) is 64.4 Å². The van der Waals surface area contributed by atoms with E-state index in [0.29, 0.717) is 12.5 Å². The Hall–Kier alpha value is -1.66. The van der Waals surface area contributed by atoms with Crippen molar-refractivity contribution in [2.75, 3.05) is 39.9 Å². The topological polar surface area (TPSA) is 54.8 Å². The molecule has 2 aliphatic heterocycles. The number of aromatic nitrogens is 1. The van der Waals surface area contributed by atoms with Crippen LogP contribution < -0.4 is 0 Å². The number of nitrogens with zero attached hydrogens (tertiary/aromatic N) is 3. The molecule has 2 fully saturated rings. The van der Waals surface area contributed by atoms with Gasteiger partial charge in [-0.15, -0.1) is 0 Å². The van der Waals surface area contributed by atoms with E-state index in [1.165, 1.54) is 0 Å². The summed E-state index contributed by atoms with van der Waals surface area (Å²) in [5.74, 6) is 0.428. The highest BCUT2D eigenvalue weighted by Gasteiger charge is 2.48. The largest absolute Gasteiger partial charge is 0.385 e. The summed E-state index contributed by atoms with van der Waals surface area (Å²) in [5, 5.41) is 0. The van der Waals surface area contributed by atoms with Crippen molar-refractivity contribution in [2.45, 2.75) is 39.2 Å². The molecule has 0 radical (unpaired) electrons. The Morgan fingerprint density at radius 1 is 1.31 bits per heavy atom. The SMILES string of the molecule is COCCCN1CCC[C@]2(CCN(Cc3cc(C(C)=O)cn3C)C2)C1=O. The van der Waals surface area contributed by atoms with Crippen LogP contribution in [0.3, 0.4) is 0 Å². The lowest BCUT2D eigenvalue weighted by atomic mass is 9.78. The van der Waals surface area contributed by atoms with E-state index in [2.05, 4.69) is 4.90 Å². The van der Waals surface area contributed by atoms with E-state index in [9.17, 15) is 9.59 Å². The van der Waals surface area contributed by atoms with Crippen LogP contribution in [0.4, 0.5) is 0 Å². The monoisotopic (exact) mass is 361 g/mol. The standard InChI is InChI=1S/C20H31N3O3/c1-16(24)17-12-18(21(2)13-17)14-22-10-7-20(15-22)6-4-8-23(19(20)25)9-5-11-26-3/h12-13H,4-11,14-15H2,1-3H3/t20-/m1/s1. The van der Waals surface area contributed by atoms with Gasteiger partial charge in [0.25, 0.3) is 0 Å². The molecule has 3 rings (SSSR count). The average Bonchev–Trinajstić information content (AvgIpc) is 3.17. The summed E-state index contributed by atoms with van der Waals surface area (Å²) in [6.45, 7) is 6.55. The van der Waals surface area contributed by atoms with E-state index >= 15 is 0 Å². The molecule has 144 valence electrons. The molecule has 1 spiro atoms. The molecule has 1 aromatic heterocycles. The molecule has 1 atom stereocenters. The maximum absolute atomic E-state index is 13.1. The Bertz CT molecular complexity index is 669. The van der Waals surface area contributed by atoms with Crippen molar-refractivity contribution < 1.29 is 14.3 Å². The third-order valence-corrected chi connectivity index (χ3v) is 5.93. The first-order valence-corrected chi connectivity index (χ1v) is 9.62. The fraction of sp³-hybridized carbons (Fsp3) is 0.700. The third-order valence-electron chi connectivity index (χ3n) is 5.93. The van der Waals surface area contributed by atoms with Crippen LogP contribution in [0.25, 0.3) is 0 Å². The number of piperidine rings is 1. The molecule has 0 aliphatic carbocycles. The number of rotatable bonds is 7. The highest BCUT2D eigenvalue weighted by Crippen LogP contribution is 2.40. The summed E-state index contributed by atoms with van der Waals surface area (Å²) in [7, 11) is 3.69. The van der Waals surface area contributed by atoms with Crippen molar-refractivity contribution >= 4 is 11.7 Å². The van der Waals surface area contributed by atoms with E-state index < -0.39 is 0 Å². The van der Waals surface area contributed by atoms with Crippen LogP contribution in [-0.4, -0.2) is 66.0 Å². The Kier molecular flexibility index (Phi) is 5.82. The Morgan fingerprint density at radius 3 is 2.81 bits per heavy atom. The first-order chi connectivity index (χ1) is 12.4. The first-order valence-electron chi connectivity index (χ1n) is 9.62.